The maximum absolute atomic E-state index is 6.12. The van der Waals surface area contributed by atoms with E-state index in [9.17, 15) is 0 Å². The number of alkyl halides is 1. The molecule has 0 radical (unpaired) electrons. The predicted molar refractivity (Wildman–Crippen MR) is 69.6 cm³/mol. The monoisotopic (exact) mass is 328 g/mol. The zero-order chi connectivity index (χ0) is 10.8. The molecule has 1 nitrogen and oxygen atoms in total. The molecule has 84 valence electrons. The molecule has 0 spiro atoms. The number of hydrogen-bond donors (Lipinski definition) is 0. The average molecular weight is 330 g/mol. The van der Waals surface area contributed by atoms with E-state index < -0.39 is 0 Å². The Hall–Kier alpha value is 0.720. The van der Waals surface area contributed by atoms with Crippen LogP contribution in [-0.4, -0.2) is 13.2 Å². The van der Waals surface area contributed by atoms with Crippen molar-refractivity contribution in [2.24, 2.45) is 5.92 Å². The Balaban J connectivity index is 2.12. The maximum Gasteiger partial charge on any atom is 0.0987 e. The molecule has 1 aromatic rings. The van der Waals surface area contributed by atoms with Crippen molar-refractivity contribution in [3.8, 4) is 0 Å². The quantitative estimate of drug-likeness (QED) is 0.700. The lowest BCUT2D eigenvalue weighted by atomic mass is 9.95. The topological polar surface area (TPSA) is 9.23 Å². The maximum atomic E-state index is 6.12. The smallest absolute Gasteiger partial charge is 0.0987 e. The Bertz CT molecular complexity index is 336. The summed E-state index contributed by atoms with van der Waals surface area (Å²) < 4.78 is 7.00. The van der Waals surface area contributed by atoms with Gasteiger partial charge in [0.15, 0.2) is 0 Å². The van der Waals surface area contributed by atoms with Crippen LogP contribution in [-0.2, 0) is 4.74 Å². The zero-order valence-corrected chi connectivity index (χ0v) is 11.9. The first-order valence-corrected chi connectivity index (χ1v) is 7.34. The number of hydrogen-bond acceptors (Lipinski definition) is 2. The molecule has 2 rings (SSSR count). The molecule has 0 bridgehead atoms. The van der Waals surface area contributed by atoms with Crippen LogP contribution in [0.25, 0.3) is 0 Å². The lowest BCUT2D eigenvalue weighted by Gasteiger charge is -2.26. The van der Waals surface area contributed by atoms with E-state index in [0.717, 1.165) is 33.9 Å². The molecule has 1 aliphatic rings. The molecule has 2 unspecified atom stereocenters. The normalized spacial score (nSPS) is 24.1. The Kier molecular flexibility index (Phi) is 4.36. The summed E-state index contributed by atoms with van der Waals surface area (Å²) >= 11 is 17.2. The molecule has 0 amide bonds. The third-order valence-electron chi connectivity index (χ3n) is 2.59. The van der Waals surface area contributed by atoms with Crippen LogP contribution in [0.4, 0.5) is 0 Å². The first-order chi connectivity index (χ1) is 7.18. The molecule has 1 aliphatic heterocycles. The van der Waals surface area contributed by atoms with Gasteiger partial charge in [-0.3, -0.25) is 0 Å². The van der Waals surface area contributed by atoms with Crippen molar-refractivity contribution in [3.63, 3.8) is 0 Å². The van der Waals surface area contributed by atoms with Gasteiger partial charge in [0.05, 0.1) is 15.3 Å². The SMILES string of the molecule is Clc1cc(C(Br)C2CCCOC2)c(Cl)s1. The van der Waals surface area contributed by atoms with E-state index in [1.54, 1.807) is 0 Å². The van der Waals surface area contributed by atoms with Gasteiger partial charge in [-0.2, -0.15) is 0 Å². The summed E-state index contributed by atoms with van der Waals surface area (Å²) in [5.74, 6) is 0.502. The fraction of sp³-hybridized carbons (Fsp3) is 0.600. The van der Waals surface area contributed by atoms with Gasteiger partial charge < -0.3 is 4.74 Å². The van der Waals surface area contributed by atoms with Gasteiger partial charge in [-0.1, -0.05) is 39.1 Å². The van der Waals surface area contributed by atoms with E-state index >= 15 is 0 Å². The lowest BCUT2D eigenvalue weighted by Crippen LogP contribution is -2.20. The van der Waals surface area contributed by atoms with Crippen LogP contribution in [0.5, 0.6) is 0 Å². The largest absolute Gasteiger partial charge is 0.381 e. The summed E-state index contributed by atoms with van der Waals surface area (Å²) in [5, 5.41) is 0. The van der Waals surface area contributed by atoms with Crippen molar-refractivity contribution >= 4 is 50.5 Å². The second-order valence-corrected chi connectivity index (χ2v) is 6.93. The number of ether oxygens (including phenoxy) is 1. The van der Waals surface area contributed by atoms with Gasteiger partial charge in [0.2, 0.25) is 0 Å². The molecule has 0 aliphatic carbocycles. The highest BCUT2D eigenvalue weighted by Gasteiger charge is 2.26. The minimum Gasteiger partial charge on any atom is -0.381 e. The van der Waals surface area contributed by atoms with Crippen LogP contribution < -0.4 is 0 Å². The van der Waals surface area contributed by atoms with E-state index in [0.29, 0.717) is 5.92 Å². The summed E-state index contributed by atoms with van der Waals surface area (Å²) in [6.45, 7) is 1.69. The number of halogens is 3. The molecular weight excluding hydrogens is 319 g/mol. The van der Waals surface area contributed by atoms with Crippen LogP contribution in [0, 0.1) is 5.92 Å². The van der Waals surface area contributed by atoms with Crippen molar-refractivity contribution in [3.05, 3.63) is 20.3 Å². The van der Waals surface area contributed by atoms with E-state index in [1.807, 2.05) is 6.07 Å². The van der Waals surface area contributed by atoms with Crippen molar-refractivity contribution in [2.75, 3.05) is 13.2 Å². The van der Waals surface area contributed by atoms with E-state index in [1.165, 1.54) is 17.8 Å². The van der Waals surface area contributed by atoms with Gasteiger partial charge in [0, 0.05) is 11.4 Å². The summed E-state index contributed by atoms with van der Waals surface area (Å²) in [6.07, 6.45) is 2.31. The molecular formula is C10H11BrCl2OS. The standard InChI is InChI=1S/C10H11BrCl2OS/c11-9(6-2-1-3-14-5-6)7-4-8(12)15-10(7)13/h4,6,9H,1-3,5H2. The highest BCUT2D eigenvalue weighted by Crippen LogP contribution is 2.43. The van der Waals surface area contributed by atoms with Gasteiger partial charge in [-0.05, 0) is 30.4 Å². The summed E-state index contributed by atoms with van der Waals surface area (Å²) in [6, 6.07) is 1.95. The highest BCUT2D eigenvalue weighted by atomic mass is 79.9. The highest BCUT2D eigenvalue weighted by molar-refractivity contribution is 9.09. The second-order valence-electron chi connectivity index (χ2n) is 3.66. The van der Waals surface area contributed by atoms with Crippen molar-refractivity contribution < 1.29 is 4.74 Å². The molecule has 1 saturated heterocycles. The minimum absolute atomic E-state index is 0.258. The predicted octanol–water partition coefficient (Wildman–Crippen LogP) is 4.92. The summed E-state index contributed by atoms with van der Waals surface area (Å²) in [7, 11) is 0. The fourth-order valence-electron chi connectivity index (χ4n) is 1.79. The fourth-order valence-corrected chi connectivity index (χ4v) is 4.40. The number of rotatable bonds is 2. The summed E-state index contributed by atoms with van der Waals surface area (Å²) in [4.78, 5) is 0.258. The van der Waals surface area contributed by atoms with Crippen LogP contribution >= 0.6 is 50.5 Å². The first kappa shape index (κ1) is 12.2. The van der Waals surface area contributed by atoms with Crippen LogP contribution in [0.15, 0.2) is 6.07 Å². The van der Waals surface area contributed by atoms with Crippen LogP contribution in [0.1, 0.15) is 23.2 Å². The summed E-state index contributed by atoms with van der Waals surface area (Å²) in [5.41, 5.74) is 1.10. The Labute approximate surface area is 112 Å². The van der Waals surface area contributed by atoms with Gasteiger partial charge in [0.25, 0.3) is 0 Å². The Morgan fingerprint density at radius 1 is 1.53 bits per heavy atom. The van der Waals surface area contributed by atoms with E-state index in [-0.39, 0.29) is 4.83 Å². The molecule has 15 heavy (non-hydrogen) atoms. The van der Waals surface area contributed by atoms with Crippen LogP contribution in [0.3, 0.4) is 0 Å². The van der Waals surface area contributed by atoms with Crippen molar-refractivity contribution in [1.29, 1.82) is 0 Å². The minimum atomic E-state index is 0.258. The average Bonchev–Trinajstić information content (AvgIpc) is 2.58. The first-order valence-electron chi connectivity index (χ1n) is 4.85. The van der Waals surface area contributed by atoms with E-state index in [4.69, 9.17) is 27.9 Å². The van der Waals surface area contributed by atoms with Gasteiger partial charge in [-0.15, -0.1) is 11.3 Å². The molecule has 0 N–H and O–H groups in total. The third-order valence-corrected chi connectivity index (χ3v) is 5.35. The van der Waals surface area contributed by atoms with Crippen molar-refractivity contribution in [2.45, 2.75) is 17.7 Å². The van der Waals surface area contributed by atoms with E-state index in [2.05, 4.69) is 15.9 Å². The Morgan fingerprint density at radius 3 is 2.87 bits per heavy atom. The van der Waals surface area contributed by atoms with Crippen LogP contribution in [0.2, 0.25) is 8.67 Å². The van der Waals surface area contributed by atoms with Crippen molar-refractivity contribution in [1.82, 2.24) is 0 Å². The molecule has 0 saturated carbocycles. The molecule has 2 heterocycles. The molecule has 1 aromatic heterocycles. The Morgan fingerprint density at radius 2 is 2.33 bits per heavy atom. The lowest BCUT2D eigenvalue weighted by molar-refractivity contribution is 0.0546. The van der Waals surface area contributed by atoms with Gasteiger partial charge in [-0.25, -0.2) is 0 Å². The zero-order valence-electron chi connectivity index (χ0n) is 8.01. The second kappa shape index (κ2) is 5.37. The van der Waals surface area contributed by atoms with Gasteiger partial charge in [0.1, 0.15) is 0 Å². The molecule has 5 heteroatoms. The van der Waals surface area contributed by atoms with Gasteiger partial charge >= 0.3 is 0 Å². The molecule has 2 atom stereocenters. The third kappa shape index (κ3) is 2.89. The molecule has 0 aromatic carbocycles. The number of thiophene rings is 1. The molecule has 1 fully saturated rings.